The Balaban J connectivity index is 1.90. The third kappa shape index (κ3) is 6.31. The maximum atomic E-state index is 13.5. The summed E-state index contributed by atoms with van der Waals surface area (Å²) in [6, 6.07) is 5.79. The second-order valence-corrected chi connectivity index (χ2v) is 8.91. The second-order valence-electron chi connectivity index (χ2n) is 7.92. The number of primary amides is 1. The van der Waals surface area contributed by atoms with E-state index in [-0.39, 0.29) is 16.5 Å². The van der Waals surface area contributed by atoms with Gasteiger partial charge in [-0.05, 0) is 53.2 Å². The van der Waals surface area contributed by atoms with Crippen molar-refractivity contribution in [2.45, 2.75) is 18.9 Å². The Kier molecular flexibility index (Phi) is 7.72. The largest absolute Gasteiger partial charge is 0.416 e. The Hall–Kier alpha value is -3.81. The number of thioether (sulfide) groups is 1. The number of imide groups is 1. The maximum absolute atomic E-state index is 13.5. The SMILES string of the molecule is CN(Cc1ccc(C(F)(F)F)cc1C(F)(F)F)c1ccc(/C=C2\SC(=O)N(CC(N)=O)C2=O)cc1C=N. The van der Waals surface area contributed by atoms with Crippen LogP contribution in [0.3, 0.4) is 0 Å². The Morgan fingerprint density at radius 3 is 2.32 bits per heavy atom. The van der Waals surface area contributed by atoms with E-state index >= 15 is 0 Å². The average Bonchev–Trinajstić information content (AvgIpc) is 3.04. The highest BCUT2D eigenvalue weighted by atomic mass is 32.2. The van der Waals surface area contributed by atoms with Crippen LogP contribution >= 0.6 is 11.8 Å². The number of nitrogens with zero attached hydrogens (tertiary/aromatic N) is 2. The lowest BCUT2D eigenvalue weighted by atomic mass is 10.0. The van der Waals surface area contributed by atoms with Crippen LogP contribution < -0.4 is 10.6 Å². The van der Waals surface area contributed by atoms with E-state index in [9.17, 15) is 40.7 Å². The molecule has 2 aromatic carbocycles. The molecular formula is C23H18F6N4O3S. The minimum Gasteiger partial charge on any atom is -0.370 e. The molecule has 1 aliphatic rings. The standard InChI is InChI=1S/C23H18F6N4O3S/c1-32(10-13-3-4-15(22(24,25)26)8-16(13)23(27,28)29)17-5-2-12(6-14(17)9-30)7-18-20(35)33(11-19(31)34)21(36)37-18/h2-9,30H,10-11H2,1H3,(H2,31,34)/b18-7-,30-9?. The van der Waals surface area contributed by atoms with Crippen molar-refractivity contribution in [3.8, 4) is 0 Å². The number of rotatable bonds is 7. The number of hydrogen-bond donors (Lipinski definition) is 2. The van der Waals surface area contributed by atoms with Crippen molar-refractivity contribution >= 4 is 46.8 Å². The van der Waals surface area contributed by atoms with Crippen LogP contribution in [0.25, 0.3) is 6.08 Å². The summed E-state index contributed by atoms with van der Waals surface area (Å²) in [5, 5.41) is 7.01. The van der Waals surface area contributed by atoms with Gasteiger partial charge in [0.1, 0.15) is 6.54 Å². The topological polar surface area (TPSA) is 108 Å². The minimum absolute atomic E-state index is 0.00265. The summed E-state index contributed by atoms with van der Waals surface area (Å²) in [6.45, 7) is -0.999. The first kappa shape index (κ1) is 27.8. The van der Waals surface area contributed by atoms with Gasteiger partial charge in [-0.15, -0.1) is 0 Å². The minimum atomic E-state index is -5.02. The second kappa shape index (κ2) is 10.3. The molecule has 0 atom stereocenters. The summed E-state index contributed by atoms with van der Waals surface area (Å²) < 4.78 is 79.4. The zero-order valence-electron chi connectivity index (χ0n) is 18.9. The lowest BCUT2D eigenvalue weighted by molar-refractivity contribution is -0.143. The molecule has 0 saturated carbocycles. The van der Waals surface area contributed by atoms with Crippen molar-refractivity contribution in [2.24, 2.45) is 5.73 Å². The fourth-order valence-electron chi connectivity index (χ4n) is 3.56. The molecule has 0 aliphatic carbocycles. The molecule has 14 heteroatoms. The fourth-order valence-corrected chi connectivity index (χ4v) is 4.40. The van der Waals surface area contributed by atoms with Gasteiger partial charge in [0, 0.05) is 31.1 Å². The van der Waals surface area contributed by atoms with Crippen molar-refractivity contribution in [1.29, 1.82) is 5.41 Å². The van der Waals surface area contributed by atoms with Gasteiger partial charge in [-0.3, -0.25) is 19.3 Å². The highest BCUT2D eigenvalue weighted by Crippen LogP contribution is 2.38. The van der Waals surface area contributed by atoms with Gasteiger partial charge < -0.3 is 16.0 Å². The van der Waals surface area contributed by atoms with Crippen LogP contribution in [0.2, 0.25) is 0 Å². The molecule has 7 nitrogen and oxygen atoms in total. The molecular weight excluding hydrogens is 526 g/mol. The fraction of sp³-hybridized carbons (Fsp3) is 0.217. The van der Waals surface area contributed by atoms with E-state index in [0.29, 0.717) is 34.0 Å². The van der Waals surface area contributed by atoms with E-state index in [1.54, 1.807) is 0 Å². The average molecular weight is 544 g/mol. The summed E-state index contributed by atoms with van der Waals surface area (Å²) in [5.41, 5.74) is 2.70. The molecule has 0 aromatic heterocycles. The summed E-state index contributed by atoms with van der Waals surface area (Å²) in [6.07, 6.45) is -7.70. The molecule has 0 unspecified atom stereocenters. The molecule has 1 aliphatic heterocycles. The lowest BCUT2D eigenvalue weighted by Crippen LogP contribution is -2.36. The molecule has 3 N–H and O–H groups in total. The normalized spacial score (nSPS) is 15.4. The van der Waals surface area contributed by atoms with E-state index in [0.717, 1.165) is 12.3 Å². The quantitative estimate of drug-likeness (QED) is 0.294. The van der Waals surface area contributed by atoms with Crippen LogP contribution in [-0.2, 0) is 28.5 Å². The number of amides is 3. The van der Waals surface area contributed by atoms with E-state index in [4.69, 9.17) is 11.1 Å². The molecule has 0 spiro atoms. The summed E-state index contributed by atoms with van der Waals surface area (Å²) in [7, 11) is 1.41. The summed E-state index contributed by atoms with van der Waals surface area (Å²) in [5.74, 6) is -1.60. The highest BCUT2D eigenvalue weighted by molar-refractivity contribution is 8.18. The molecule has 1 heterocycles. The number of nitrogens with two attached hydrogens (primary N) is 1. The van der Waals surface area contributed by atoms with E-state index in [1.165, 1.54) is 36.2 Å². The summed E-state index contributed by atoms with van der Waals surface area (Å²) in [4.78, 5) is 37.4. The molecule has 1 fully saturated rings. The number of hydrogen-bond acceptors (Lipinski definition) is 6. The van der Waals surface area contributed by atoms with E-state index < -0.39 is 59.2 Å². The Morgan fingerprint density at radius 2 is 1.76 bits per heavy atom. The van der Waals surface area contributed by atoms with Gasteiger partial charge in [-0.1, -0.05) is 12.1 Å². The van der Waals surface area contributed by atoms with Crippen LogP contribution in [0.15, 0.2) is 41.3 Å². The van der Waals surface area contributed by atoms with Crippen LogP contribution in [0, 0.1) is 5.41 Å². The van der Waals surface area contributed by atoms with Gasteiger partial charge >= 0.3 is 12.4 Å². The molecule has 0 radical (unpaired) electrons. The van der Waals surface area contributed by atoms with Crippen molar-refractivity contribution in [1.82, 2.24) is 4.90 Å². The van der Waals surface area contributed by atoms with Gasteiger partial charge in [0.2, 0.25) is 5.91 Å². The molecule has 37 heavy (non-hydrogen) atoms. The van der Waals surface area contributed by atoms with Crippen molar-refractivity contribution in [3.05, 3.63) is 69.1 Å². The highest BCUT2D eigenvalue weighted by Gasteiger charge is 2.38. The zero-order valence-corrected chi connectivity index (χ0v) is 19.7. The number of carbonyl (C=O) groups is 3. The zero-order chi connectivity index (χ0) is 27.7. The van der Waals surface area contributed by atoms with E-state index in [1.807, 2.05) is 0 Å². The lowest BCUT2D eigenvalue weighted by Gasteiger charge is -2.24. The molecule has 196 valence electrons. The van der Waals surface area contributed by atoms with Crippen LogP contribution in [-0.4, -0.2) is 41.8 Å². The first-order valence-corrected chi connectivity index (χ1v) is 11.1. The van der Waals surface area contributed by atoms with Gasteiger partial charge in [-0.25, -0.2) is 0 Å². The number of carbonyl (C=O) groups excluding carboxylic acids is 3. The van der Waals surface area contributed by atoms with Crippen LogP contribution in [0.1, 0.15) is 27.8 Å². The van der Waals surface area contributed by atoms with Gasteiger partial charge in [0.15, 0.2) is 0 Å². The summed E-state index contributed by atoms with van der Waals surface area (Å²) >= 11 is 0.588. The van der Waals surface area contributed by atoms with E-state index in [2.05, 4.69) is 0 Å². The third-order valence-corrected chi connectivity index (χ3v) is 6.16. The Labute approximate surface area is 210 Å². The predicted molar refractivity (Wildman–Crippen MR) is 125 cm³/mol. The number of nitrogens with one attached hydrogen (secondary N) is 1. The van der Waals surface area contributed by atoms with Gasteiger partial charge in [0.05, 0.1) is 16.0 Å². The smallest absolute Gasteiger partial charge is 0.370 e. The number of halogens is 6. The van der Waals surface area contributed by atoms with Crippen molar-refractivity contribution in [2.75, 3.05) is 18.5 Å². The van der Waals surface area contributed by atoms with Crippen molar-refractivity contribution < 1.29 is 40.7 Å². The predicted octanol–water partition coefficient (Wildman–Crippen LogP) is 4.88. The number of benzene rings is 2. The van der Waals surface area contributed by atoms with Crippen LogP contribution in [0.4, 0.5) is 36.8 Å². The first-order chi connectivity index (χ1) is 17.1. The van der Waals surface area contributed by atoms with Gasteiger partial charge in [0.25, 0.3) is 11.1 Å². The Bertz CT molecular complexity index is 1310. The third-order valence-electron chi connectivity index (χ3n) is 5.25. The van der Waals surface area contributed by atoms with Crippen LogP contribution in [0.5, 0.6) is 0 Å². The first-order valence-electron chi connectivity index (χ1n) is 10.3. The van der Waals surface area contributed by atoms with Crippen molar-refractivity contribution in [3.63, 3.8) is 0 Å². The molecule has 1 saturated heterocycles. The molecule has 3 rings (SSSR count). The van der Waals surface area contributed by atoms with Gasteiger partial charge in [-0.2, -0.15) is 26.3 Å². The maximum Gasteiger partial charge on any atom is 0.416 e. The monoisotopic (exact) mass is 544 g/mol. The number of anilines is 1. The molecule has 3 amide bonds. The molecule has 2 aromatic rings. The Morgan fingerprint density at radius 1 is 1.08 bits per heavy atom. The number of alkyl halides is 6. The molecule has 0 bridgehead atoms.